The third-order valence-electron chi connectivity index (χ3n) is 5.47. The summed E-state index contributed by atoms with van der Waals surface area (Å²) < 4.78 is 80.1. The Balaban J connectivity index is 2.10. The Morgan fingerprint density at radius 1 is 0.853 bits per heavy atom. The second-order valence-corrected chi connectivity index (χ2v) is 8.56. The molecule has 180 valence electrons. The number of aromatic nitrogens is 1. The predicted octanol–water partition coefficient (Wildman–Crippen LogP) is 7.38. The van der Waals surface area contributed by atoms with Gasteiger partial charge in [-0.3, -0.25) is 9.78 Å². The van der Waals surface area contributed by atoms with Gasteiger partial charge in [0.25, 0.3) is 0 Å². The highest BCUT2D eigenvalue weighted by molar-refractivity contribution is 6.33. The van der Waals surface area contributed by atoms with Gasteiger partial charge < -0.3 is 4.90 Å². The Morgan fingerprint density at radius 2 is 1.38 bits per heavy atom. The third-order valence-corrected chi connectivity index (χ3v) is 5.80. The van der Waals surface area contributed by atoms with Gasteiger partial charge in [-0.2, -0.15) is 26.3 Å². The summed E-state index contributed by atoms with van der Waals surface area (Å²) in [5.74, 6) is -0.735. The Kier molecular flexibility index (Phi) is 6.72. The minimum absolute atomic E-state index is 0.0321. The Morgan fingerprint density at radius 3 is 1.91 bits per heavy atom. The number of carbonyl (C=O) groups is 1. The normalized spacial score (nSPS) is 12.5. The molecule has 0 spiro atoms. The highest BCUT2D eigenvalue weighted by Crippen LogP contribution is 2.41. The molecule has 0 atom stereocenters. The Bertz CT molecular complexity index is 1190. The second-order valence-electron chi connectivity index (χ2n) is 8.16. The number of nitrogens with zero attached hydrogens (tertiary/aromatic N) is 2. The van der Waals surface area contributed by atoms with E-state index in [4.69, 9.17) is 11.6 Å². The van der Waals surface area contributed by atoms with Crippen molar-refractivity contribution >= 4 is 23.2 Å². The maximum Gasteiger partial charge on any atom is 0.416 e. The summed E-state index contributed by atoms with van der Waals surface area (Å²) in [6.07, 6.45) is -7.20. The summed E-state index contributed by atoms with van der Waals surface area (Å²) >= 11 is 6.28. The van der Waals surface area contributed by atoms with Gasteiger partial charge in [0.05, 0.1) is 28.4 Å². The molecule has 0 aliphatic rings. The molecule has 1 amide bonds. The number of carbonyl (C=O) groups excluding carboxylic acids is 1. The summed E-state index contributed by atoms with van der Waals surface area (Å²) in [5, 5.41) is 0.391. The van der Waals surface area contributed by atoms with Crippen LogP contribution in [0.4, 0.5) is 32.0 Å². The van der Waals surface area contributed by atoms with Gasteiger partial charge in [0.2, 0.25) is 5.91 Å². The molecule has 10 heteroatoms. The lowest BCUT2D eigenvalue weighted by atomic mass is 9.81. The molecule has 2 aromatic carbocycles. The van der Waals surface area contributed by atoms with Crippen LogP contribution in [-0.2, 0) is 22.6 Å². The molecule has 0 radical (unpaired) electrons. The molecule has 0 N–H and O–H groups in total. The molecule has 0 fully saturated rings. The van der Waals surface area contributed by atoms with Crippen LogP contribution >= 0.6 is 11.6 Å². The largest absolute Gasteiger partial charge is 0.416 e. The lowest BCUT2D eigenvalue weighted by Crippen LogP contribution is -2.42. The van der Waals surface area contributed by atoms with Gasteiger partial charge in [-0.05, 0) is 49.7 Å². The first-order valence-electron chi connectivity index (χ1n) is 9.91. The molecule has 3 rings (SSSR count). The lowest BCUT2D eigenvalue weighted by molar-refractivity contribution is -0.143. The number of halogens is 7. The van der Waals surface area contributed by atoms with E-state index in [0.29, 0.717) is 28.3 Å². The quantitative estimate of drug-likeness (QED) is 0.350. The molecule has 1 heterocycles. The average Bonchev–Trinajstić information content (AvgIpc) is 2.77. The summed E-state index contributed by atoms with van der Waals surface area (Å²) in [6.45, 7) is 2.54. The van der Waals surface area contributed by atoms with Gasteiger partial charge in [-0.15, -0.1) is 0 Å². The smallest absolute Gasteiger partial charge is 0.313 e. The van der Waals surface area contributed by atoms with Gasteiger partial charge in [0.15, 0.2) is 0 Å². The monoisotopic (exact) mass is 500 g/mol. The fraction of sp³-hybridized carbons (Fsp3) is 0.250. The number of amides is 1. The van der Waals surface area contributed by atoms with Gasteiger partial charge in [0, 0.05) is 29.4 Å². The highest BCUT2D eigenvalue weighted by Gasteiger charge is 2.41. The molecule has 34 heavy (non-hydrogen) atoms. The van der Waals surface area contributed by atoms with Crippen molar-refractivity contribution in [1.29, 1.82) is 0 Å². The first-order valence-corrected chi connectivity index (χ1v) is 10.3. The van der Waals surface area contributed by atoms with Crippen molar-refractivity contribution in [2.24, 2.45) is 0 Å². The Hall–Kier alpha value is -3.07. The number of likely N-dealkylation sites (N-methyl/N-ethyl adjacent to an activating group) is 1. The number of hydrogen-bond donors (Lipinski definition) is 0. The van der Waals surface area contributed by atoms with Gasteiger partial charge in [0.1, 0.15) is 0 Å². The van der Waals surface area contributed by atoms with Crippen LogP contribution < -0.4 is 4.90 Å². The van der Waals surface area contributed by atoms with Crippen LogP contribution in [0.25, 0.3) is 11.1 Å². The summed E-state index contributed by atoms with van der Waals surface area (Å²) in [5.41, 5.74) is -3.75. The van der Waals surface area contributed by atoms with Gasteiger partial charge >= 0.3 is 12.4 Å². The van der Waals surface area contributed by atoms with Crippen molar-refractivity contribution in [1.82, 2.24) is 4.98 Å². The number of rotatable bonds is 4. The second kappa shape index (κ2) is 8.94. The third kappa shape index (κ3) is 5.04. The molecular formula is C24H19ClF6N2O. The van der Waals surface area contributed by atoms with E-state index in [1.807, 2.05) is 0 Å². The van der Waals surface area contributed by atoms with Crippen LogP contribution in [-0.4, -0.2) is 17.9 Å². The van der Waals surface area contributed by atoms with Crippen molar-refractivity contribution in [3.8, 4) is 11.1 Å². The maximum atomic E-state index is 13.5. The molecule has 3 aromatic rings. The standard InChI is InChI=1S/C24H19ClF6N2O/c1-22(2,14-10-15(23(26,27)28)12-16(11-14)24(29,30)31)21(34)33(3)20-13-32-9-8-18(20)17-6-4-5-7-19(17)25/h4-13H,1-3H3. The van der Waals surface area contributed by atoms with Crippen LogP contribution in [0.5, 0.6) is 0 Å². The number of benzene rings is 2. The van der Waals surface area contributed by atoms with E-state index < -0.39 is 40.4 Å². The fourth-order valence-corrected chi connectivity index (χ4v) is 3.77. The van der Waals surface area contributed by atoms with Crippen molar-refractivity contribution < 1.29 is 31.1 Å². The molecule has 0 aliphatic carbocycles. The summed E-state index contributed by atoms with van der Waals surface area (Å²) in [6, 6.07) is 9.60. The molecule has 3 nitrogen and oxygen atoms in total. The van der Waals surface area contributed by atoms with E-state index in [2.05, 4.69) is 4.98 Å². The van der Waals surface area contributed by atoms with Crippen LogP contribution in [0.1, 0.15) is 30.5 Å². The first-order chi connectivity index (χ1) is 15.6. The van der Waals surface area contributed by atoms with E-state index in [0.717, 1.165) is 4.90 Å². The number of alkyl halides is 6. The molecule has 0 aliphatic heterocycles. The van der Waals surface area contributed by atoms with Crippen molar-refractivity contribution in [3.63, 3.8) is 0 Å². The van der Waals surface area contributed by atoms with Crippen molar-refractivity contribution in [3.05, 3.63) is 82.6 Å². The highest BCUT2D eigenvalue weighted by atomic mass is 35.5. The first kappa shape index (κ1) is 25.6. The zero-order valence-electron chi connectivity index (χ0n) is 18.2. The van der Waals surface area contributed by atoms with E-state index in [-0.39, 0.29) is 11.8 Å². The van der Waals surface area contributed by atoms with Crippen LogP contribution in [0.3, 0.4) is 0 Å². The van der Waals surface area contributed by atoms with Crippen LogP contribution in [0, 0.1) is 0 Å². The van der Waals surface area contributed by atoms with E-state index in [1.54, 1.807) is 30.3 Å². The minimum Gasteiger partial charge on any atom is -0.313 e. The lowest BCUT2D eigenvalue weighted by Gasteiger charge is -2.31. The van der Waals surface area contributed by atoms with Gasteiger partial charge in [-0.1, -0.05) is 29.8 Å². The topological polar surface area (TPSA) is 33.2 Å². The maximum absolute atomic E-state index is 13.5. The van der Waals surface area contributed by atoms with E-state index >= 15 is 0 Å². The van der Waals surface area contributed by atoms with Crippen LogP contribution in [0.2, 0.25) is 5.02 Å². The average molecular weight is 501 g/mol. The van der Waals surface area contributed by atoms with E-state index in [1.165, 1.54) is 33.3 Å². The van der Waals surface area contributed by atoms with Gasteiger partial charge in [-0.25, -0.2) is 0 Å². The zero-order valence-corrected chi connectivity index (χ0v) is 19.0. The fourth-order valence-electron chi connectivity index (χ4n) is 3.53. The van der Waals surface area contributed by atoms with E-state index in [9.17, 15) is 31.1 Å². The summed E-state index contributed by atoms with van der Waals surface area (Å²) in [7, 11) is 1.37. The minimum atomic E-state index is -5.03. The van der Waals surface area contributed by atoms with Crippen molar-refractivity contribution in [2.45, 2.75) is 31.6 Å². The summed E-state index contributed by atoms with van der Waals surface area (Å²) in [4.78, 5) is 18.6. The SMILES string of the molecule is CN(C(=O)C(C)(C)c1cc(C(F)(F)F)cc(C(F)(F)F)c1)c1cnccc1-c1ccccc1Cl. The zero-order chi connectivity index (χ0) is 25.5. The number of pyridine rings is 1. The molecule has 0 bridgehead atoms. The molecule has 0 unspecified atom stereocenters. The number of hydrogen-bond acceptors (Lipinski definition) is 2. The van der Waals surface area contributed by atoms with Crippen molar-refractivity contribution in [2.75, 3.05) is 11.9 Å². The Labute approximate surface area is 197 Å². The predicted molar refractivity (Wildman–Crippen MR) is 118 cm³/mol. The molecular weight excluding hydrogens is 482 g/mol. The molecule has 0 saturated heterocycles. The number of anilines is 1. The van der Waals surface area contributed by atoms with Crippen LogP contribution in [0.15, 0.2) is 60.9 Å². The molecule has 0 saturated carbocycles. The molecule has 1 aromatic heterocycles.